The Hall–Kier alpha value is -1.65. The molecule has 0 saturated heterocycles. The van der Waals surface area contributed by atoms with E-state index in [4.69, 9.17) is 5.84 Å². The molecule has 0 saturated carbocycles. The SMILES string of the molecule is Cc1ccc(C(NN)c2ncc[nH]2)c(C)c1. The van der Waals surface area contributed by atoms with E-state index >= 15 is 0 Å². The van der Waals surface area contributed by atoms with Crippen LogP contribution in [0.2, 0.25) is 0 Å². The van der Waals surface area contributed by atoms with Gasteiger partial charge in [-0.1, -0.05) is 23.8 Å². The maximum absolute atomic E-state index is 5.59. The standard InChI is InChI=1S/C12H16N4/c1-8-3-4-10(9(2)7-8)11(16-13)12-14-5-6-15-12/h3-7,11,16H,13H2,1-2H3,(H,14,15). The van der Waals surface area contributed by atoms with Crippen LogP contribution < -0.4 is 11.3 Å². The third kappa shape index (κ3) is 1.98. The van der Waals surface area contributed by atoms with Crippen LogP contribution in [0.3, 0.4) is 0 Å². The molecule has 0 amide bonds. The second-order valence-electron chi connectivity index (χ2n) is 3.93. The minimum atomic E-state index is -0.0874. The van der Waals surface area contributed by atoms with Gasteiger partial charge in [-0.05, 0) is 25.0 Å². The Morgan fingerprint density at radius 3 is 2.75 bits per heavy atom. The van der Waals surface area contributed by atoms with Crippen molar-refractivity contribution in [1.29, 1.82) is 0 Å². The summed E-state index contributed by atoms with van der Waals surface area (Å²) in [5.41, 5.74) is 6.38. The smallest absolute Gasteiger partial charge is 0.129 e. The number of H-pyrrole nitrogens is 1. The van der Waals surface area contributed by atoms with Gasteiger partial charge in [-0.25, -0.2) is 10.4 Å². The summed E-state index contributed by atoms with van der Waals surface area (Å²) in [6, 6.07) is 6.21. The number of nitrogens with two attached hydrogens (primary N) is 1. The zero-order chi connectivity index (χ0) is 11.5. The van der Waals surface area contributed by atoms with E-state index in [1.807, 2.05) is 0 Å². The molecule has 0 spiro atoms. The van der Waals surface area contributed by atoms with Crippen LogP contribution in [-0.2, 0) is 0 Å². The summed E-state index contributed by atoms with van der Waals surface area (Å²) in [6.45, 7) is 4.16. The average Bonchev–Trinajstić information content (AvgIpc) is 2.75. The molecule has 0 aliphatic heterocycles. The third-order valence-corrected chi connectivity index (χ3v) is 2.70. The zero-order valence-corrected chi connectivity index (χ0v) is 9.49. The Labute approximate surface area is 94.9 Å². The maximum Gasteiger partial charge on any atom is 0.129 e. The third-order valence-electron chi connectivity index (χ3n) is 2.70. The molecule has 0 fully saturated rings. The predicted molar refractivity (Wildman–Crippen MR) is 63.7 cm³/mol. The number of nitrogens with zero attached hydrogens (tertiary/aromatic N) is 1. The van der Waals surface area contributed by atoms with Crippen LogP contribution in [0.1, 0.15) is 28.6 Å². The second kappa shape index (κ2) is 4.47. The number of aryl methyl sites for hydroxylation is 2. The Morgan fingerprint density at radius 1 is 1.38 bits per heavy atom. The fraction of sp³-hybridized carbons (Fsp3) is 0.250. The van der Waals surface area contributed by atoms with Gasteiger partial charge in [0.15, 0.2) is 0 Å². The van der Waals surface area contributed by atoms with Gasteiger partial charge in [-0.3, -0.25) is 5.84 Å². The molecule has 2 rings (SSSR count). The summed E-state index contributed by atoms with van der Waals surface area (Å²) in [6.07, 6.45) is 3.52. The van der Waals surface area contributed by atoms with Crippen molar-refractivity contribution in [3.63, 3.8) is 0 Å². The van der Waals surface area contributed by atoms with Gasteiger partial charge < -0.3 is 4.98 Å². The zero-order valence-electron chi connectivity index (χ0n) is 9.49. The number of rotatable bonds is 3. The molecule has 1 heterocycles. The van der Waals surface area contributed by atoms with E-state index in [9.17, 15) is 0 Å². The molecule has 84 valence electrons. The summed E-state index contributed by atoms with van der Waals surface area (Å²) >= 11 is 0. The number of hydrazine groups is 1. The van der Waals surface area contributed by atoms with Crippen LogP contribution in [0.4, 0.5) is 0 Å². The Morgan fingerprint density at radius 2 is 2.19 bits per heavy atom. The van der Waals surface area contributed by atoms with Crippen LogP contribution >= 0.6 is 0 Å². The molecular formula is C12H16N4. The lowest BCUT2D eigenvalue weighted by Crippen LogP contribution is -2.30. The molecule has 2 aromatic rings. The van der Waals surface area contributed by atoms with Gasteiger partial charge >= 0.3 is 0 Å². The normalized spacial score (nSPS) is 12.7. The molecule has 1 unspecified atom stereocenters. The fourth-order valence-electron chi connectivity index (χ4n) is 1.90. The highest BCUT2D eigenvalue weighted by Crippen LogP contribution is 2.22. The Bertz CT molecular complexity index is 462. The first kappa shape index (κ1) is 10.9. The van der Waals surface area contributed by atoms with Gasteiger partial charge in [0.05, 0.1) is 0 Å². The van der Waals surface area contributed by atoms with Crippen molar-refractivity contribution in [2.24, 2.45) is 5.84 Å². The van der Waals surface area contributed by atoms with E-state index in [0.717, 1.165) is 11.4 Å². The summed E-state index contributed by atoms with van der Waals surface area (Å²) < 4.78 is 0. The van der Waals surface area contributed by atoms with Gasteiger partial charge in [0.1, 0.15) is 11.9 Å². The van der Waals surface area contributed by atoms with Gasteiger partial charge in [0.25, 0.3) is 0 Å². The lowest BCUT2D eigenvalue weighted by Gasteiger charge is -2.16. The molecule has 0 radical (unpaired) electrons. The molecular weight excluding hydrogens is 200 g/mol. The molecule has 4 heteroatoms. The number of aromatic nitrogens is 2. The van der Waals surface area contributed by atoms with Gasteiger partial charge in [0, 0.05) is 12.4 Å². The summed E-state index contributed by atoms with van der Waals surface area (Å²) in [4.78, 5) is 7.30. The lowest BCUT2D eigenvalue weighted by molar-refractivity contribution is 0.605. The number of hydrogen-bond donors (Lipinski definition) is 3. The molecule has 16 heavy (non-hydrogen) atoms. The van der Waals surface area contributed by atoms with Crippen molar-refractivity contribution in [2.45, 2.75) is 19.9 Å². The summed E-state index contributed by atoms with van der Waals surface area (Å²) in [7, 11) is 0. The summed E-state index contributed by atoms with van der Waals surface area (Å²) in [5, 5.41) is 0. The van der Waals surface area contributed by atoms with E-state index in [0.29, 0.717) is 0 Å². The van der Waals surface area contributed by atoms with Gasteiger partial charge in [0.2, 0.25) is 0 Å². The van der Waals surface area contributed by atoms with Crippen molar-refractivity contribution >= 4 is 0 Å². The summed E-state index contributed by atoms with van der Waals surface area (Å²) in [5.74, 6) is 6.42. The second-order valence-corrected chi connectivity index (χ2v) is 3.93. The quantitative estimate of drug-likeness (QED) is 0.539. The topological polar surface area (TPSA) is 66.7 Å². The van der Waals surface area contributed by atoms with Crippen molar-refractivity contribution < 1.29 is 0 Å². The van der Waals surface area contributed by atoms with E-state index in [1.165, 1.54) is 11.1 Å². The molecule has 4 nitrogen and oxygen atoms in total. The van der Waals surface area contributed by atoms with Crippen LogP contribution in [-0.4, -0.2) is 9.97 Å². The number of aromatic amines is 1. The fourth-order valence-corrected chi connectivity index (χ4v) is 1.90. The molecule has 0 aliphatic carbocycles. The number of nitrogens with one attached hydrogen (secondary N) is 2. The van der Waals surface area contributed by atoms with Crippen LogP contribution in [0, 0.1) is 13.8 Å². The van der Waals surface area contributed by atoms with Gasteiger partial charge in [-0.15, -0.1) is 0 Å². The van der Waals surface area contributed by atoms with E-state index in [1.54, 1.807) is 12.4 Å². The number of benzene rings is 1. The molecule has 1 atom stereocenters. The minimum absolute atomic E-state index is 0.0874. The molecule has 1 aromatic carbocycles. The monoisotopic (exact) mass is 216 g/mol. The lowest BCUT2D eigenvalue weighted by atomic mass is 9.99. The van der Waals surface area contributed by atoms with Crippen molar-refractivity contribution in [2.75, 3.05) is 0 Å². The van der Waals surface area contributed by atoms with E-state index in [-0.39, 0.29) is 6.04 Å². The Balaban J connectivity index is 2.41. The predicted octanol–water partition coefficient (Wildman–Crippen LogP) is 1.58. The Kier molecular flexibility index (Phi) is 3.03. The van der Waals surface area contributed by atoms with Crippen LogP contribution in [0.15, 0.2) is 30.6 Å². The first-order chi connectivity index (χ1) is 7.72. The van der Waals surface area contributed by atoms with Crippen molar-refractivity contribution in [1.82, 2.24) is 15.4 Å². The minimum Gasteiger partial charge on any atom is -0.347 e. The molecule has 0 bridgehead atoms. The number of hydrogen-bond acceptors (Lipinski definition) is 3. The highest BCUT2D eigenvalue weighted by Gasteiger charge is 2.16. The van der Waals surface area contributed by atoms with Crippen LogP contribution in [0.5, 0.6) is 0 Å². The van der Waals surface area contributed by atoms with Crippen molar-refractivity contribution in [3.8, 4) is 0 Å². The highest BCUT2D eigenvalue weighted by atomic mass is 15.2. The van der Waals surface area contributed by atoms with Crippen LogP contribution in [0.25, 0.3) is 0 Å². The largest absolute Gasteiger partial charge is 0.347 e. The maximum atomic E-state index is 5.59. The first-order valence-electron chi connectivity index (χ1n) is 5.25. The van der Waals surface area contributed by atoms with Crippen molar-refractivity contribution in [3.05, 3.63) is 53.1 Å². The highest BCUT2D eigenvalue weighted by molar-refractivity contribution is 5.35. The first-order valence-corrected chi connectivity index (χ1v) is 5.25. The number of imidazole rings is 1. The van der Waals surface area contributed by atoms with Gasteiger partial charge in [-0.2, -0.15) is 0 Å². The van der Waals surface area contributed by atoms with E-state index < -0.39 is 0 Å². The molecule has 4 N–H and O–H groups in total. The molecule has 0 aliphatic rings. The molecule has 1 aromatic heterocycles. The van der Waals surface area contributed by atoms with E-state index in [2.05, 4.69) is 47.4 Å². The average molecular weight is 216 g/mol.